The maximum absolute atomic E-state index is 5.89. The van der Waals surface area contributed by atoms with Gasteiger partial charge >= 0.3 is 0 Å². The summed E-state index contributed by atoms with van der Waals surface area (Å²) in [6, 6.07) is 3.83. The summed E-state index contributed by atoms with van der Waals surface area (Å²) in [7, 11) is 3.27. The summed E-state index contributed by atoms with van der Waals surface area (Å²) in [5, 5.41) is 0.675. The first-order valence-corrected chi connectivity index (χ1v) is 5.97. The van der Waals surface area contributed by atoms with E-state index < -0.39 is 0 Å². The Bertz CT molecular complexity index is 537. The average molecular weight is 250 g/mol. The molecular weight excluding hydrogens is 236 g/mol. The van der Waals surface area contributed by atoms with Crippen molar-refractivity contribution in [2.45, 2.75) is 6.92 Å². The molecule has 2 rings (SSSR count). The second-order valence-electron chi connectivity index (χ2n) is 3.59. The van der Waals surface area contributed by atoms with Crippen molar-refractivity contribution in [1.82, 2.24) is 4.98 Å². The number of benzene rings is 1. The molecule has 0 radical (unpaired) electrons. The van der Waals surface area contributed by atoms with Gasteiger partial charge in [0.15, 0.2) is 0 Å². The summed E-state index contributed by atoms with van der Waals surface area (Å²) in [6.07, 6.45) is 0. The third-order valence-electron chi connectivity index (χ3n) is 2.57. The van der Waals surface area contributed by atoms with Gasteiger partial charge in [0.05, 0.1) is 19.7 Å². The lowest BCUT2D eigenvalue weighted by atomic mass is 10.1. The molecule has 17 heavy (non-hydrogen) atoms. The van der Waals surface area contributed by atoms with Gasteiger partial charge in [0, 0.05) is 5.56 Å². The van der Waals surface area contributed by atoms with E-state index in [2.05, 4.69) is 4.98 Å². The first kappa shape index (κ1) is 11.7. The van der Waals surface area contributed by atoms with Crippen molar-refractivity contribution in [1.29, 1.82) is 0 Å². The summed E-state index contributed by atoms with van der Waals surface area (Å²) >= 11 is 1.41. The largest absolute Gasteiger partial charge is 0.496 e. The Hall–Kier alpha value is -1.75. The minimum Gasteiger partial charge on any atom is -0.496 e. The van der Waals surface area contributed by atoms with Crippen molar-refractivity contribution in [3.63, 3.8) is 0 Å². The second kappa shape index (κ2) is 4.63. The lowest BCUT2D eigenvalue weighted by molar-refractivity contribution is 0.401. The summed E-state index contributed by atoms with van der Waals surface area (Å²) in [4.78, 5) is 4.26. The molecule has 0 unspecified atom stereocenters. The van der Waals surface area contributed by atoms with E-state index >= 15 is 0 Å². The van der Waals surface area contributed by atoms with E-state index in [0.29, 0.717) is 5.00 Å². The number of hydrogen-bond donors (Lipinski definition) is 1. The third-order valence-corrected chi connectivity index (χ3v) is 3.23. The first-order chi connectivity index (χ1) is 8.17. The fourth-order valence-electron chi connectivity index (χ4n) is 1.69. The quantitative estimate of drug-likeness (QED) is 0.910. The number of nitrogens with zero attached hydrogens (tertiary/aromatic N) is 1. The molecule has 2 aromatic rings. The Labute approximate surface area is 104 Å². The fraction of sp³-hybridized carbons (Fsp3) is 0.250. The molecule has 5 heteroatoms. The highest BCUT2D eigenvalue weighted by Gasteiger charge is 2.14. The topological polar surface area (TPSA) is 57.4 Å². The fourth-order valence-corrected chi connectivity index (χ4v) is 2.24. The molecule has 0 spiro atoms. The van der Waals surface area contributed by atoms with Gasteiger partial charge < -0.3 is 15.2 Å². The van der Waals surface area contributed by atoms with Crippen LogP contribution < -0.4 is 15.2 Å². The molecule has 0 aliphatic heterocycles. The highest BCUT2D eigenvalue weighted by molar-refractivity contribution is 7.14. The van der Waals surface area contributed by atoms with Crippen molar-refractivity contribution in [3.8, 4) is 22.8 Å². The number of hydrogen-bond acceptors (Lipinski definition) is 5. The van der Waals surface area contributed by atoms with Gasteiger partial charge in [0.2, 0.25) is 0 Å². The molecule has 0 fully saturated rings. The minimum absolute atomic E-state index is 0.675. The molecule has 1 heterocycles. The Morgan fingerprint density at radius 2 is 1.88 bits per heavy atom. The van der Waals surface area contributed by atoms with E-state index in [0.717, 1.165) is 28.3 Å². The van der Waals surface area contributed by atoms with E-state index in [1.807, 2.05) is 19.1 Å². The summed E-state index contributed by atoms with van der Waals surface area (Å²) < 4.78 is 10.7. The highest BCUT2D eigenvalue weighted by atomic mass is 32.1. The normalized spacial score (nSPS) is 10.3. The van der Waals surface area contributed by atoms with Gasteiger partial charge in [-0.2, -0.15) is 0 Å². The molecule has 2 N–H and O–H groups in total. The number of nitrogen functional groups attached to an aromatic ring is 1. The van der Waals surface area contributed by atoms with E-state index in [1.54, 1.807) is 19.7 Å². The Morgan fingerprint density at radius 3 is 2.41 bits per heavy atom. The van der Waals surface area contributed by atoms with Gasteiger partial charge in [-0.05, 0) is 24.6 Å². The predicted molar refractivity (Wildman–Crippen MR) is 69.8 cm³/mol. The summed E-state index contributed by atoms with van der Waals surface area (Å²) in [5.74, 6) is 1.55. The smallest absolute Gasteiger partial charge is 0.128 e. The van der Waals surface area contributed by atoms with Gasteiger partial charge in [-0.1, -0.05) is 0 Å². The number of ether oxygens (including phenoxy) is 2. The maximum atomic E-state index is 5.89. The standard InChI is InChI=1S/C12H14N2O2S/c1-7-4-10(16-3)8(5-9(7)15-2)11-12(13)17-6-14-11/h4-6H,13H2,1-3H3. The van der Waals surface area contributed by atoms with Crippen LogP contribution in [0, 0.1) is 6.92 Å². The lowest BCUT2D eigenvalue weighted by Gasteiger charge is -2.12. The average Bonchev–Trinajstić information content (AvgIpc) is 2.75. The Morgan fingerprint density at radius 1 is 1.18 bits per heavy atom. The van der Waals surface area contributed by atoms with Crippen LogP contribution in [0.2, 0.25) is 0 Å². The van der Waals surface area contributed by atoms with Crippen LogP contribution in [0.4, 0.5) is 5.00 Å². The molecular formula is C12H14N2O2S. The molecule has 0 saturated heterocycles. The van der Waals surface area contributed by atoms with Gasteiger partial charge in [-0.3, -0.25) is 0 Å². The molecule has 0 aliphatic carbocycles. The van der Waals surface area contributed by atoms with Crippen LogP contribution >= 0.6 is 11.3 Å². The Kier molecular flexibility index (Phi) is 3.19. The molecule has 0 saturated carbocycles. The molecule has 1 aromatic heterocycles. The van der Waals surface area contributed by atoms with E-state index in [4.69, 9.17) is 15.2 Å². The Balaban J connectivity index is 2.63. The van der Waals surface area contributed by atoms with Crippen molar-refractivity contribution >= 4 is 16.3 Å². The number of anilines is 1. The van der Waals surface area contributed by atoms with Crippen LogP contribution in [0.1, 0.15) is 5.56 Å². The molecule has 0 atom stereocenters. The first-order valence-electron chi connectivity index (χ1n) is 5.09. The number of aryl methyl sites for hydroxylation is 1. The van der Waals surface area contributed by atoms with Crippen LogP contribution in [0.15, 0.2) is 17.6 Å². The third kappa shape index (κ3) is 2.06. The van der Waals surface area contributed by atoms with Crippen LogP contribution in [0.5, 0.6) is 11.5 Å². The van der Waals surface area contributed by atoms with Crippen molar-refractivity contribution in [3.05, 3.63) is 23.2 Å². The van der Waals surface area contributed by atoms with Crippen LogP contribution in [-0.2, 0) is 0 Å². The van der Waals surface area contributed by atoms with E-state index in [-0.39, 0.29) is 0 Å². The zero-order chi connectivity index (χ0) is 12.4. The van der Waals surface area contributed by atoms with Crippen molar-refractivity contribution in [2.75, 3.05) is 20.0 Å². The molecule has 0 aliphatic rings. The molecule has 90 valence electrons. The zero-order valence-corrected chi connectivity index (χ0v) is 10.8. The minimum atomic E-state index is 0.675. The number of thiazole rings is 1. The van der Waals surface area contributed by atoms with Gasteiger partial charge in [0.1, 0.15) is 22.2 Å². The van der Waals surface area contributed by atoms with E-state index in [1.165, 1.54) is 11.3 Å². The second-order valence-corrected chi connectivity index (χ2v) is 4.47. The number of nitrogens with two attached hydrogens (primary N) is 1. The van der Waals surface area contributed by atoms with Crippen molar-refractivity contribution in [2.24, 2.45) is 0 Å². The monoisotopic (exact) mass is 250 g/mol. The van der Waals surface area contributed by atoms with Crippen LogP contribution in [0.25, 0.3) is 11.3 Å². The SMILES string of the molecule is COc1cc(-c2ncsc2N)c(OC)cc1C. The molecule has 0 bridgehead atoms. The van der Waals surface area contributed by atoms with E-state index in [9.17, 15) is 0 Å². The van der Waals surface area contributed by atoms with Gasteiger partial charge in [-0.15, -0.1) is 11.3 Å². The highest BCUT2D eigenvalue weighted by Crippen LogP contribution is 2.38. The van der Waals surface area contributed by atoms with Gasteiger partial charge in [-0.25, -0.2) is 4.98 Å². The van der Waals surface area contributed by atoms with Crippen LogP contribution in [-0.4, -0.2) is 19.2 Å². The maximum Gasteiger partial charge on any atom is 0.128 e. The molecule has 4 nitrogen and oxygen atoms in total. The van der Waals surface area contributed by atoms with Crippen LogP contribution in [0.3, 0.4) is 0 Å². The summed E-state index contributed by atoms with van der Waals surface area (Å²) in [6.45, 7) is 1.97. The number of methoxy groups -OCH3 is 2. The zero-order valence-electron chi connectivity index (χ0n) is 9.98. The lowest BCUT2D eigenvalue weighted by Crippen LogP contribution is -1.95. The predicted octanol–water partition coefficient (Wildman–Crippen LogP) is 2.72. The van der Waals surface area contributed by atoms with Crippen molar-refractivity contribution < 1.29 is 9.47 Å². The summed E-state index contributed by atoms with van der Waals surface area (Å²) in [5.41, 5.74) is 10.2. The number of aromatic nitrogens is 1. The molecule has 1 aromatic carbocycles. The van der Waals surface area contributed by atoms with Gasteiger partial charge in [0.25, 0.3) is 0 Å². The number of rotatable bonds is 3. The molecule has 0 amide bonds.